The molecule has 1 heterocycles. The summed E-state index contributed by atoms with van der Waals surface area (Å²) >= 11 is 0. The first kappa shape index (κ1) is 6.56. The summed E-state index contributed by atoms with van der Waals surface area (Å²) in [6, 6.07) is 2.00. The summed E-state index contributed by atoms with van der Waals surface area (Å²) in [6.07, 6.45) is 3.08. The van der Waals surface area contributed by atoms with Gasteiger partial charge in [0, 0.05) is 5.70 Å². The molecule has 0 aromatic carbocycles. The molecule has 0 spiro atoms. The minimum atomic E-state index is 0.521. The van der Waals surface area contributed by atoms with Crippen LogP contribution in [0.2, 0.25) is 0 Å². The minimum absolute atomic E-state index is 0.521. The van der Waals surface area contributed by atoms with E-state index in [1.165, 1.54) is 6.20 Å². The quantitative estimate of drug-likeness (QED) is 0.578. The number of aromatic nitrogens is 2. The van der Waals surface area contributed by atoms with Crippen LogP contribution in [-0.2, 0) is 0 Å². The summed E-state index contributed by atoms with van der Waals surface area (Å²) in [5.74, 6) is 0. The number of imidazole rings is 1. The molecule has 0 bridgehead atoms. The maximum absolute atomic E-state index is 8.50. The molecule has 1 aromatic heterocycles. The van der Waals surface area contributed by atoms with Crippen LogP contribution in [0, 0.1) is 11.3 Å². The van der Waals surface area contributed by atoms with Crippen LogP contribution in [0.25, 0.3) is 5.70 Å². The molecule has 0 radical (unpaired) electrons. The van der Waals surface area contributed by atoms with Crippen molar-refractivity contribution in [1.29, 1.82) is 5.26 Å². The van der Waals surface area contributed by atoms with Gasteiger partial charge in [-0.25, -0.2) is 4.98 Å². The number of hydrogen-bond acceptors (Lipinski definition) is 2. The highest BCUT2D eigenvalue weighted by molar-refractivity contribution is 5.42. The van der Waals surface area contributed by atoms with Crippen LogP contribution in [0.4, 0.5) is 0 Å². The average Bonchev–Trinajstić information content (AvgIpc) is 2.33. The number of rotatable bonds is 1. The van der Waals surface area contributed by atoms with E-state index in [2.05, 4.69) is 11.6 Å². The second kappa shape index (κ2) is 2.36. The summed E-state index contributed by atoms with van der Waals surface area (Å²) < 4.78 is 1.64. The Morgan fingerprint density at radius 2 is 2.60 bits per heavy atom. The lowest BCUT2D eigenvalue weighted by atomic mass is 10.4. The van der Waals surface area contributed by atoms with Gasteiger partial charge in [-0.3, -0.25) is 4.57 Å². The lowest BCUT2D eigenvalue weighted by Gasteiger charge is -1.98. The number of allylic oxidation sites excluding steroid dienone is 1. The Kier molecular flexibility index (Phi) is 1.55. The fraction of sp³-hybridized carbons (Fsp3) is 0.143. The molecule has 1 aromatic rings. The first-order valence-corrected chi connectivity index (χ1v) is 2.84. The Bertz CT molecular complexity index is 290. The van der Waals surface area contributed by atoms with Gasteiger partial charge in [0.25, 0.3) is 0 Å². The van der Waals surface area contributed by atoms with Gasteiger partial charge in [-0.1, -0.05) is 6.58 Å². The van der Waals surface area contributed by atoms with Crippen molar-refractivity contribution in [2.24, 2.45) is 0 Å². The van der Waals surface area contributed by atoms with Crippen LogP contribution in [-0.4, -0.2) is 9.55 Å². The third-order valence-corrected chi connectivity index (χ3v) is 1.16. The van der Waals surface area contributed by atoms with Gasteiger partial charge in [0.1, 0.15) is 11.8 Å². The Labute approximate surface area is 59.2 Å². The number of hydrogen-bond donors (Lipinski definition) is 0. The highest BCUT2D eigenvalue weighted by Crippen LogP contribution is 2.03. The molecular formula is C7H7N3. The topological polar surface area (TPSA) is 41.6 Å². The lowest BCUT2D eigenvalue weighted by Crippen LogP contribution is -1.92. The normalized spacial score (nSPS) is 8.80. The van der Waals surface area contributed by atoms with E-state index >= 15 is 0 Å². The van der Waals surface area contributed by atoms with E-state index in [1.807, 2.05) is 13.0 Å². The Morgan fingerprint density at radius 3 is 3.00 bits per heavy atom. The smallest absolute Gasteiger partial charge is 0.144 e. The van der Waals surface area contributed by atoms with E-state index in [4.69, 9.17) is 5.26 Å². The van der Waals surface area contributed by atoms with Gasteiger partial charge in [-0.15, -0.1) is 0 Å². The van der Waals surface area contributed by atoms with Gasteiger partial charge in [-0.2, -0.15) is 5.26 Å². The summed E-state index contributed by atoms with van der Waals surface area (Å²) in [4.78, 5) is 3.79. The minimum Gasteiger partial charge on any atom is -0.295 e. The molecule has 10 heavy (non-hydrogen) atoms. The van der Waals surface area contributed by atoms with Crippen molar-refractivity contribution < 1.29 is 0 Å². The number of nitrogens with zero attached hydrogens (tertiary/aromatic N) is 3. The SMILES string of the molecule is C=C(C)n1cncc1C#N. The standard InChI is InChI=1S/C7H7N3/c1-6(2)10-5-9-4-7(10)3-8/h4-5H,1H2,2H3. The van der Waals surface area contributed by atoms with Crippen molar-refractivity contribution in [3.63, 3.8) is 0 Å². The molecule has 0 atom stereocenters. The van der Waals surface area contributed by atoms with E-state index in [0.717, 1.165) is 5.70 Å². The molecule has 0 aliphatic rings. The van der Waals surface area contributed by atoms with Crippen molar-refractivity contribution in [1.82, 2.24) is 9.55 Å². The lowest BCUT2D eigenvalue weighted by molar-refractivity contribution is 1.06. The second-order valence-corrected chi connectivity index (χ2v) is 2.00. The Balaban J connectivity index is 3.17. The van der Waals surface area contributed by atoms with Crippen molar-refractivity contribution in [3.8, 4) is 6.07 Å². The molecule has 3 heteroatoms. The van der Waals surface area contributed by atoms with Crippen molar-refractivity contribution in [3.05, 3.63) is 24.8 Å². The highest BCUT2D eigenvalue weighted by Gasteiger charge is 1.98. The van der Waals surface area contributed by atoms with Crippen LogP contribution in [0.1, 0.15) is 12.6 Å². The molecule has 0 aliphatic carbocycles. The molecule has 3 nitrogen and oxygen atoms in total. The van der Waals surface area contributed by atoms with Crippen molar-refractivity contribution in [2.45, 2.75) is 6.92 Å². The van der Waals surface area contributed by atoms with Gasteiger partial charge in [-0.05, 0) is 6.92 Å². The van der Waals surface area contributed by atoms with Gasteiger partial charge in [0.2, 0.25) is 0 Å². The van der Waals surface area contributed by atoms with Gasteiger partial charge in [0.05, 0.1) is 12.5 Å². The van der Waals surface area contributed by atoms with Crippen molar-refractivity contribution in [2.75, 3.05) is 0 Å². The van der Waals surface area contributed by atoms with E-state index in [9.17, 15) is 0 Å². The molecule has 0 saturated carbocycles. The average molecular weight is 133 g/mol. The monoisotopic (exact) mass is 133 g/mol. The molecule has 50 valence electrons. The molecule has 0 fully saturated rings. The summed E-state index contributed by atoms with van der Waals surface area (Å²) in [5, 5.41) is 8.50. The predicted molar refractivity (Wildman–Crippen MR) is 37.9 cm³/mol. The Morgan fingerprint density at radius 1 is 1.90 bits per heavy atom. The zero-order chi connectivity index (χ0) is 7.56. The van der Waals surface area contributed by atoms with Crippen LogP contribution in [0.5, 0.6) is 0 Å². The molecule has 0 amide bonds. The summed E-state index contributed by atoms with van der Waals surface area (Å²) in [5.41, 5.74) is 1.32. The van der Waals surface area contributed by atoms with E-state index in [1.54, 1.807) is 10.9 Å². The predicted octanol–water partition coefficient (Wildman–Crippen LogP) is 1.25. The zero-order valence-electron chi connectivity index (χ0n) is 5.70. The maximum Gasteiger partial charge on any atom is 0.144 e. The van der Waals surface area contributed by atoms with Crippen LogP contribution in [0.3, 0.4) is 0 Å². The van der Waals surface area contributed by atoms with E-state index in [0.29, 0.717) is 5.69 Å². The highest BCUT2D eigenvalue weighted by atomic mass is 15.0. The largest absolute Gasteiger partial charge is 0.295 e. The van der Waals surface area contributed by atoms with Gasteiger partial charge in [0.15, 0.2) is 0 Å². The van der Waals surface area contributed by atoms with Crippen molar-refractivity contribution >= 4 is 5.70 Å². The first-order chi connectivity index (χ1) is 4.75. The molecule has 1 rings (SSSR count). The molecule has 0 unspecified atom stereocenters. The number of nitriles is 1. The second-order valence-electron chi connectivity index (χ2n) is 2.00. The fourth-order valence-electron chi connectivity index (χ4n) is 0.682. The Hall–Kier alpha value is -1.56. The summed E-state index contributed by atoms with van der Waals surface area (Å²) in [6.45, 7) is 5.50. The molecule has 0 N–H and O–H groups in total. The zero-order valence-corrected chi connectivity index (χ0v) is 5.70. The van der Waals surface area contributed by atoms with Gasteiger partial charge >= 0.3 is 0 Å². The summed E-state index contributed by atoms with van der Waals surface area (Å²) in [7, 11) is 0. The van der Waals surface area contributed by atoms with E-state index < -0.39 is 0 Å². The van der Waals surface area contributed by atoms with Crippen LogP contribution >= 0.6 is 0 Å². The maximum atomic E-state index is 8.50. The van der Waals surface area contributed by atoms with Crippen LogP contribution < -0.4 is 0 Å². The first-order valence-electron chi connectivity index (χ1n) is 2.84. The fourth-order valence-corrected chi connectivity index (χ4v) is 0.682. The molecular weight excluding hydrogens is 126 g/mol. The molecule has 0 saturated heterocycles. The molecule has 0 aliphatic heterocycles. The van der Waals surface area contributed by atoms with E-state index in [-0.39, 0.29) is 0 Å². The third-order valence-electron chi connectivity index (χ3n) is 1.16. The third kappa shape index (κ3) is 0.914. The van der Waals surface area contributed by atoms with Gasteiger partial charge < -0.3 is 0 Å². The van der Waals surface area contributed by atoms with Crippen LogP contribution in [0.15, 0.2) is 19.1 Å².